The highest BCUT2D eigenvalue weighted by Gasteiger charge is 2.33. The lowest BCUT2D eigenvalue weighted by Crippen LogP contribution is -2.21. The minimum Gasteiger partial charge on any atom is -0.321 e. The zero-order valence-corrected chi connectivity index (χ0v) is 23.4. The molecule has 3 aromatic carbocycles. The van der Waals surface area contributed by atoms with Gasteiger partial charge in [-0.25, -0.2) is 5.43 Å². The van der Waals surface area contributed by atoms with Gasteiger partial charge in [0.2, 0.25) is 0 Å². The SMILES string of the molecule is O=C(Nc1ccc(Cl)cc1C(=O)N/N=C\c1ccc(Cl)c(C(F)(F)F)c1)c1cccc(CSCCS(=O)(=O)O)c1. The van der Waals surface area contributed by atoms with Crippen LogP contribution in [-0.2, 0) is 22.0 Å². The van der Waals surface area contributed by atoms with Crippen LogP contribution < -0.4 is 10.7 Å². The number of carbonyl (C=O) groups is 2. The van der Waals surface area contributed by atoms with Crippen molar-refractivity contribution in [2.24, 2.45) is 5.10 Å². The Morgan fingerprint density at radius 1 is 1.02 bits per heavy atom. The standard InChI is InChI=1S/C25H20Cl2F3N3O5S2/c26-18-5-7-22(32-23(34)17-3-1-2-16(10-17)14-39-8-9-40(36,37)38)19(12-18)24(35)33-31-13-15-4-6-21(27)20(11-15)25(28,29)30/h1-7,10-13H,8-9,14H2,(H,32,34)(H,33,35)(H,36,37,38)/b31-13-. The number of benzene rings is 3. The molecule has 0 spiro atoms. The fraction of sp³-hybridized carbons (Fsp3) is 0.160. The largest absolute Gasteiger partial charge is 0.417 e. The van der Waals surface area contributed by atoms with Gasteiger partial charge in [-0.15, -0.1) is 0 Å². The zero-order valence-electron chi connectivity index (χ0n) is 20.2. The average molecular weight is 634 g/mol. The maximum atomic E-state index is 13.1. The Morgan fingerprint density at radius 3 is 2.48 bits per heavy atom. The molecule has 40 heavy (non-hydrogen) atoms. The number of halogens is 5. The van der Waals surface area contributed by atoms with Crippen molar-refractivity contribution in [3.63, 3.8) is 0 Å². The van der Waals surface area contributed by atoms with Crippen LogP contribution in [0.4, 0.5) is 18.9 Å². The van der Waals surface area contributed by atoms with Crippen molar-refractivity contribution >= 4 is 68.8 Å². The van der Waals surface area contributed by atoms with E-state index in [2.05, 4.69) is 15.8 Å². The van der Waals surface area contributed by atoms with Crippen LogP contribution >= 0.6 is 35.0 Å². The molecule has 0 aliphatic carbocycles. The Balaban J connectivity index is 1.70. The molecule has 212 valence electrons. The summed E-state index contributed by atoms with van der Waals surface area (Å²) in [5.74, 6) is -1.17. The van der Waals surface area contributed by atoms with Crippen LogP contribution in [0.1, 0.15) is 37.4 Å². The third-order valence-corrected chi connectivity index (χ3v) is 7.67. The number of alkyl halides is 3. The first-order valence-corrected chi connectivity index (χ1v) is 14.7. The fourth-order valence-corrected chi connectivity index (χ4v) is 5.50. The Hall–Kier alpha value is -3.10. The van der Waals surface area contributed by atoms with E-state index in [9.17, 15) is 31.2 Å². The molecule has 3 rings (SSSR count). The van der Waals surface area contributed by atoms with Gasteiger partial charge >= 0.3 is 6.18 Å². The summed E-state index contributed by atoms with van der Waals surface area (Å²) < 4.78 is 69.7. The maximum Gasteiger partial charge on any atom is 0.417 e. The molecule has 0 aliphatic heterocycles. The smallest absolute Gasteiger partial charge is 0.321 e. The summed E-state index contributed by atoms with van der Waals surface area (Å²) in [6.45, 7) is 0. The maximum absolute atomic E-state index is 13.1. The van der Waals surface area contributed by atoms with E-state index >= 15 is 0 Å². The van der Waals surface area contributed by atoms with Crippen molar-refractivity contribution in [1.82, 2.24) is 5.43 Å². The molecular weight excluding hydrogens is 614 g/mol. The number of hydrogen-bond donors (Lipinski definition) is 3. The number of rotatable bonds is 10. The van der Waals surface area contributed by atoms with E-state index in [1.54, 1.807) is 24.3 Å². The number of anilines is 1. The number of hydrogen-bond acceptors (Lipinski definition) is 6. The van der Waals surface area contributed by atoms with Gasteiger partial charge in [-0.1, -0.05) is 41.4 Å². The molecule has 0 atom stereocenters. The van der Waals surface area contributed by atoms with E-state index < -0.39 is 44.4 Å². The molecule has 15 heteroatoms. The number of nitrogens with one attached hydrogen (secondary N) is 2. The van der Waals surface area contributed by atoms with Crippen molar-refractivity contribution < 1.29 is 35.7 Å². The summed E-state index contributed by atoms with van der Waals surface area (Å²) in [5, 5.41) is 6.02. The monoisotopic (exact) mass is 633 g/mol. The molecule has 2 amide bonds. The fourth-order valence-electron chi connectivity index (χ4n) is 3.23. The zero-order chi connectivity index (χ0) is 29.5. The minimum absolute atomic E-state index is 0.0349. The third kappa shape index (κ3) is 9.52. The first kappa shape index (κ1) is 31.4. The van der Waals surface area contributed by atoms with Gasteiger partial charge in [0.1, 0.15) is 0 Å². The number of thioether (sulfide) groups is 1. The lowest BCUT2D eigenvalue weighted by Gasteiger charge is -2.12. The molecule has 0 saturated heterocycles. The molecule has 0 aromatic heterocycles. The van der Waals surface area contributed by atoms with Gasteiger partial charge in [0.25, 0.3) is 21.9 Å². The Labute approximate surface area is 241 Å². The summed E-state index contributed by atoms with van der Waals surface area (Å²) >= 11 is 12.9. The first-order chi connectivity index (χ1) is 18.7. The molecule has 0 heterocycles. The second kappa shape index (κ2) is 13.5. The topological polar surface area (TPSA) is 125 Å². The molecule has 8 nitrogen and oxygen atoms in total. The van der Waals surface area contributed by atoms with E-state index in [1.165, 1.54) is 36.0 Å². The van der Waals surface area contributed by atoms with Crippen molar-refractivity contribution in [2.45, 2.75) is 11.9 Å². The van der Waals surface area contributed by atoms with E-state index in [0.717, 1.165) is 23.9 Å². The Bertz CT molecular complexity index is 1550. The van der Waals surface area contributed by atoms with Crippen LogP contribution in [0, 0.1) is 0 Å². The van der Waals surface area contributed by atoms with Gasteiger partial charge in [0.15, 0.2) is 0 Å². The molecule has 3 aromatic rings. The molecule has 0 radical (unpaired) electrons. The molecule has 0 fully saturated rings. The minimum atomic E-state index is -4.67. The Kier molecular flexibility index (Phi) is 10.6. The van der Waals surface area contributed by atoms with E-state index in [4.69, 9.17) is 27.8 Å². The highest BCUT2D eigenvalue weighted by atomic mass is 35.5. The van der Waals surface area contributed by atoms with E-state index in [1.807, 2.05) is 0 Å². The molecule has 0 bridgehead atoms. The van der Waals surface area contributed by atoms with Crippen LogP contribution in [0.2, 0.25) is 10.0 Å². The van der Waals surface area contributed by atoms with Crippen LogP contribution in [0.25, 0.3) is 0 Å². The summed E-state index contributed by atoms with van der Waals surface area (Å²) in [5.41, 5.74) is 2.21. The van der Waals surface area contributed by atoms with Crippen LogP contribution in [0.15, 0.2) is 65.8 Å². The van der Waals surface area contributed by atoms with Crippen LogP contribution in [0.5, 0.6) is 0 Å². The molecule has 3 N–H and O–H groups in total. The lowest BCUT2D eigenvalue weighted by molar-refractivity contribution is -0.137. The number of amides is 2. The van der Waals surface area contributed by atoms with Gasteiger partial charge in [-0.2, -0.15) is 38.5 Å². The van der Waals surface area contributed by atoms with Crippen molar-refractivity contribution in [3.05, 3.63) is 98.5 Å². The second-order valence-electron chi connectivity index (χ2n) is 8.12. The predicted molar refractivity (Wildman–Crippen MR) is 150 cm³/mol. The van der Waals surface area contributed by atoms with E-state index in [0.29, 0.717) is 5.75 Å². The van der Waals surface area contributed by atoms with Crippen LogP contribution in [-0.4, -0.2) is 42.5 Å². The van der Waals surface area contributed by atoms with E-state index in [-0.39, 0.29) is 33.2 Å². The van der Waals surface area contributed by atoms with Crippen molar-refractivity contribution in [1.29, 1.82) is 0 Å². The summed E-state index contributed by atoms with van der Waals surface area (Å²) in [6.07, 6.45) is -3.66. The molecule has 0 unspecified atom stereocenters. The highest BCUT2D eigenvalue weighted by molar-refractivity contribution is 7.99. The summed E-state index contributed by atoms with van der Waals surface area (Å²) in [7, 11) is -4.06. The van der Waals surface area contributed by atoms with Crippen LogP contribution in [0.3, 0.4) is 0 Å². The number of carbonyl (C=O) groups excluding carboxylic acids is 2. The molecule has 0 saturated carbocycles. The molecular formula is C25H20Cl2F3N3O5S2. The lowest BCUT2D eigenvalue weighted by atomic mass is 10.1. The molecule has 0 aliphatic rings. The predicted octanol–water partition coefficient (Wildman–Crippen LogP) is 6.15. The van der Waals surface area contributed by atoms with Crippen molar-refractivity contribution in [2.75, 3.05) is 16.8 Å². The van der Waals surface area contributed by atoms with Gasteiger partial charge in [0, 0.05) is 22.1 Å². The summed E-state index contributed by atoms with van der Waals surface area (Å²) in [6, 6.07) is 13.8. The number of nitrogens with zero attached hydrogens (tertiary/aromatic N) is 1. The quantitative estimate of drug-likeness (QED) is 0.106. The second-order valence-corrected chi connectivity index (χ2v) is 11.6. The Morgan fingerprint density at radius 2 is 1.77 bits per heavy atom. The van der Waals surface area contributed by atoms with Gasteiger partial charge in [-0.05, 0) is 53.6 Å². The third-order valence-electron chi connectivity index (χ3n) is 5.09. The summed E-state index contributed by atoms with van der Waals surface area (Å²) in [4.78, 5) is 25.7. The van der Waals surface area contributed by atoms with Crippen molar-refractivity contribution in [3.8, 4) is 0 Å². The van der Waals surface area contributed by atoms with Gasteiger partial charge in [-0.3, -0.25) is 14.1 Å². The normalized spacial score (nSPS) is 11.9. The first-order valence-electron chi connectivity index (χ1n) is 11.2. The average Bonchev–Trinajstić information content (AvgIpc) is 2.87. The van der Waals surface area contributed by atoms with Gasteiger partial charge in [0.05, 0.1) is 33.8 Å². The number of hydrazone groups is 1. The van der Waals surface area contributed by atoms with Gasteiger partial charge < -0.3 is 5.32 Å². The highest BCUT2D eigenvalue weighted by Crippen LogP contribution is 2.34.